The third-order valence-electron chi connectivity index (χ3n) is 5.55. The SMILES string of the molecule is Cc1ccc2nc(N3CCC(C(=O)NCc4ccc(OC(C)C)cc4)CC3)[nH]c2c1. The van der Waals surface area contributed by atoms with Crippen LogP contribution in [0.4, 0.5) is 5.95 Å². The first kappa shape index (κ1) is 20.3. The minimum absolute atomic E-state index is 0.0522. The monoisotopic (exact) mass is 406 g/mol. The number of fused-ring (bicyclic) bond motifs is 1. The molecule has 1 fully saturated rings. The molecule has 1 aliphatic heterocycles. The van der Waals surface area contributed by atoms with Gasteiger partial charge in [0, 0.05) is 25.6 Å². The number of rotatable bonds is 6. The van der Waals surface area contributed by atoms with Gasteiger partial charge < -0.3 is 19.9 Å². The smallest absolute Gasteiger partial charge is 0.223 e. The van der Waals surface area contributed by atoms with Crippen LogP contribution in [0.3, 0.4) is 0 Å². The molecule has 0 unspecified atom stereocenters. The summed E-state index contributed by atoms with van der Waals surface area (Å²) >= 11 is 0. The number of imidazole rings is 1. The van der Waals surface area contributed by atoms with Gasteiger partial charge in [-0.1, -0.05) is 18.2 Å². The molecule has 3 aromatic rings. The Balaban J connectivity index is 1.27. The number of anilines is 1. The number of benzene rings is 2. The molecular weight excluding hydrogens is 376 g/mol. The number of aromatic amines is 1. The van der Waals surface area contributed by atoms with Gasteiger partial charge in [-0.3, -0.25) is 4.79 Å². The second kappa shape index (κ2) is 8.78. The summed E-state index contributed by atoms with van der Waals surface area (Å²) in [5, 5.41) is 3.09. The van der Waals surface area contributed by atoms with E-state index in [0.717, 1.165) is 54.2 Å². The molecule has 0 atom stereocenters. The topological polar surface area (TPSA) is 70.2 Å². The van der Waals surface area contributed by atoms with E-state index in [4.69, 9.17) is 9.72 Å². The number of H-pyrrole nitrogens is 1. The van der Waals surface area contributed by atoms with Crippen molar-refractivity contribution in [2.75, 3.05) is 18.0 Å². The van der Waals surface area contributed by atoms with Crippen LogP contribution in [0.5, 0.6) is 5.75 Å². The van der Waals surface area contributed by atoms with Crippen molar-refractivity contribution in [1.29, 1.82) is 0 Å². The predicted molar refractivity (Wildman–Crippen MR) is 120 cm³/mol. The van der Waals surface area contributed by atoms with Gasteiger partial charge in [0.05, 0.1) is 17.1 Å². The van der Waals surface area contributed by atoms with Crippen molar-refractivity contribution in [3.8, 4) is 5.75 Å². The molecule has 0 saturated carbocycles. The molecule has 2 N–H and O–H groups in total. The maximum atomic E-state index is 12.6. The fourth-order valence-electron chi connectivity index (χ4n) is 3.90. The number of carbonyl (C=O) groups excluding carboxylic acids is 1. The Bertz CT molecular complexity index is 1000. The number of hydrogen-bond acceptors (Lipinski definition) is 4. The molecule has 0 aliphatic carbocycles. The minimum Gasteiger partial charge on any atom is -0.491 e. The lowest BCUT2D eigenvalue weighted by Crippen LogP contribution is -2.40. The molecule has 0 spiro atoms. The summed E-state index contributed by atoms with van der Waals surface area (Å²) in [4.78, 5) is 23.0. The number of ether oxygens (including phenoxy) is 1. The van der Waals surface area contributed by atoms with Crippen molar-refractivity contribution in [3.05, 3.63) is 53.6 Å². The van der Waals surface area contributed by atoms with Crippen LogP contribution >= 0.6 is 0 Å². The molecule has 1 saturated heterocycles. The average Bonchev–Trinajstić information content (AvgIpc) is 3.16. The van der Waals surface area contributed by atoms with Crippen LogP contribution in [-0.2, 0) is 11.3 Å². The van der Waals surface area contributed by atoms with Gasteiger partial charge in [-0.05, 0) is 69.0 Å². The van der Waals surface area contributed by atoms with Gasteiger partial charge in [-0.2, -0.15) is 0 Å². The number of aryl methyl sites for hydroxylation is 1. The first-order chi connectivity index (χ1) is 14.5. The molecule has 1 amide bonds. The van der Waals surface area contributed by atoms with Crippen LogP contribution < -0.4 is 15.0 Å². The second-order valence-electron chi connectivity index (χ2n) is 8.37. The summed E-state index contributed by atoms with van der Waals surface area (Å²) in [5.74, 6) is 1.94. The Kier molecular flexibility index (Phi) is 5.93. The highest BCUT2D eigenvalue weighted by Crippen LogP contribution is 2.24. The molecule has 1 aliphatic rings. The first-order valence-electron chi connectivity index (χ1n) is 10.7. The Labute approximate surface area is 177 Å². The van der Waals surface area contributed by atoms with Crippen molar-refractivity contribution in [2.45, 2.75) is 46.3 Å². The van der Waals surface area contributed by atoms with Gasteiger partial charge in [-0.15, -0.1) is 0 Å². The van der Waals surface area contributed by atoms with E-state index in [0.29, 0.717) is 6.54 Å². The maximum absolute atomic E-state index is 12.6. The minimum atomic E-state index is 0.0522. The number of aromatic nitrogens is 2. The first-order valence-corrected chi connectivity index (χ1v) is 10.7. The summed E-state index contributed by atoms with van der Waals surface area (Å²) in [7, 11) is 0. The van der Waals surface area contributed by atoms with Gasteiger partial charge in [0.1, 0.15) is 5.75 Å². The van der Waals surface area contributed by atoms with Crippen LogP contribution in [0.2, 0.25) is 0 Å². The van der Waals surface area contributed by atoms with E-state index in [2.05, 4.69) is 34.3 Å². The number of nitrogens with zero attached hydrogens (tertiary/aromatic N) is 2. The molecule has 0 bridgehead atoms. The zero-order chi connectivity index (χ0) is 21.1. The molecule has 4 rings (SSSR count). The Hall–Kier alpha value is -3.02. The van der Waals surface area contributed by atoms with E-state index in [9.17, 15) is 4.79 Å². The van der Waals surface area contributed by atoms with Gasteiger partial charge >= 0.3 is 0 Å². The highest BCUT2D eigenvalue weighted by molar-refractivity contribution is 5.80. The lowest BCUT2D eigenvalue weighted by Gasteiger charge is -2.31. The fourth-order valence-corrected chi connectivity index (χ4v) is 3.90. The molecule has 30 heavy (non-hydrogen) atoms. The van der Waals surface area contributed by atoms with Gasteiger partial charge in [-0.25, -0.2) is 4.98 Å². The van der Waals surface area contributed by atoms with E-state index >= 15 is 0 Å². The Morgan fingerprint density at radius 1 is 1.20 bits per heavy atom. The number of amides is 1. The lowest BCUT2D eigenvalue weighted by atomic mass is 9.96. The van der Waals surface area contributed by atoms with Crippen LogP contribution in [0.25, 0.3) is 11.0 Å². The normalized spacial score (nSPS) is 15.0. The summed E-state index contributed by atoms with van der Waals surface area (Å²) in [6.07, 6.45) is 1.83. The highest BCUT2D eigenvalue weighted by atomic mass is 16.5. The second-order valence-corrected chi connectivity index (χ2v) is 8.37. The summed E-state index contributed by atoms with van der Waals surface area (Å²) in [5.41, 5.74) is 4.35. The average molecular weight is 407 g/mol. The molecular formula is C24H30N4O2. The van der Waals surface area contributed by atoms with E-state index in [1.165, 1.54) is 5.56 Å². The maximum Gasteiger partial charge on any atom is 0.223 e. The zero-order valence-electron chi connectivity index (χ0n) is 17.9. The molecule has 6 heteroatoms. The van der Waals surface area contributed by atoms with Crippen LogP contribution in [0.1, 0.15) is 37.8 Å². The van der Waals surface area contributed by atoms with E-state index < -0.39 is 0 Å². The lowest BCUT2D eigenvalue weighted by molar-refractivity contribution is -0.125. The molecule has 2 aromatic carbocycles. The Morgan fingerprint density at radius 2 is 1.93 bits per heavy atom. The number of piperidine rings is 1. The third-order valence-corrected chi connectivity index (χ3v) is 5.55. The van der Waals surface area contributed by atoms with Gasteiger partial charge in [0.25, 0.3) is 0 Å². The Morgan fingerprint density at radius 3 is 2.63 bits per heavy atom. The summed E-state index contributed by atoms with van der Waals surface area (Å²) in [6.45, 7) is 8.31. The van der Waals surface area contributed by atoms with E-state index in [1.54, 1.807) is 0 Å². The fraction of sp³-hybridized carbons (Fsp3) is 0.417. The zero-order valence-corrected chi connectivity index (χ0v) is 17.9. The summed E-state index contributed by atoms with van der Waals surface area (Å²) < 4.78 is 5.66. The van der Waals surface area contributed by atoms with Crippen LogP contribution in [0.15, 0.2) is 42.5 Å². The standard InChI is InChI=1S/C24H30N4O2/c1-16(2)30-20-7-5-18(6-8-20)15-25-23(29)19-10-12-28(13-11-19)24-26-21-9-4-17(3)14-22(21)27-24/h4-9,14,16,19H,10-13,15H2,1-3H3,(H,25,29)(H,26,27). The van der Waals surface area contributed by atoms with Crippen molar-refractivity contribution in [1.82, 2.24) is 15.3 Å². The van der Waals surface area contributed by atoms with Crippen molar-refractivity contribution in [2.24, 2.45) is 5.92 Å². The summed E-state index contributed by atoms with van der Waals surface area (Å²) in [6, 6.07) is 14.2. The van der Waals surface area contributed by atoms with Crippen LogP contribution in [-0.4, -0.2) is 35.1 Å². The van der Waals surface area contributed by atoms with E-state index in [1.807, 2.05) is 44.2 Å². The number of carbonyl (C=O) groups is 1. The number of hydrogen-bond donors (Lipinski definition) is 2. The largest absolute Gasteiger partial charge is 0.491 e. The van der Waals surface area contributed by atoms with Crippen molar-refractivity contribution >= 4 is 22.9 Å². The number of nitrogens with one attached hydrogen (secondary N) is 2. The molecule has 2 heterocycles. The molecule has 1 aromatic heterocycles. The quantitative estimate of drug-likeness (QED) is 0.644. The molecule has 158 valence electrons. The highest BCUT2D eigenvalue weighted by Gasteiger charge is 2.26. The third kappa shape index (κ3) is 4.75. The van der Waals surface area contributed by atoms with Crippen molar-refractivity contribution < 1.29 is 9.53 Å². The van der Waals surface area contributed by atoms with Gasteiger partial charge in [0.2, 0.25) is 11.9 Å². The molecule has 0 radical (unpaired) electrons. The molecule has 6 nitrogen and oxygen atoms in total. The van der Waals surface area contributed by atoms with E-state index in [-0.39, 0.29) is 17.9 Å². The predicted octanol–water partition coefficient (Wildman–Crippen LogP) is 4.19. The van der Waals surface area contributed by atoms with Crippen molar-refractivity contribution in [3.63, 3.8) is 0 Å². The van der Waals surface area contributed by atoms with Crippen LogP contribution in [0, 0.1) is 12.8 Å². The van der Waals surface area contributed by atoms with Gasteiger partial charge in [0.15, 0.2) is 0 Å².